The standard InChI is InChI=1S/C9H14N2O4S/c1-9(2,3)11-8(12)6-4-5-7(15-6)16(10,13)14/h4-5H,1-3H3,(H,11,12)(H2,10,13,14). The topological polar surface area (TPSA) is 102 Å². The van der Waals surface area contributed by atoms with Gasteiger partial charge in [0.1, 0.15) is 0 Å². The Kier molecular flexibility index (Phi) is 3.11. The zero-order valence-corrected chi connectivity index (χ0v) is 10.1. The van der Waals surface area contributed by atoms with Crippen LogP contribution in [0.5, 0.6) is 0 Å². The van der Waals surface area contributed by atoms with Gasteiger partial charge in [0.05, 0.1) is 0 Å². The predicted molar refractivity (Wildman–Crippen MR) is 57.3 cm³/mol. The minimum atomic E-state index is -3.91. The number of hydrogen-bond acceptors (Lipinski definition) is 4. The Balaban J connectivity index is 2.92. The highest BCUT2D eigenvalue weighted by Gasteiger charge is 2.20. The van der Waals surface area contributed by atoms with Gasteiger partial charge in [0.25, 0.3) is 15.9 Å². The van der Waals surface area contributed by atoms with Crippen molar-refractivity contribution in [2.45, 2.75) is 31.4 Å². The minimum Gasteiger partial charge on any atom is -0.438 e. The lowest BCUT2D eigenvalue weighted by molar-refractivity contribution is 0.0885. The highest BCUT2D eigenvalue weighted by molar-refractivity contribution is 7.89. The van der Waals surface area contributed by atoms with Gasteiger partial charge in [-0.25, -0.2) is 13.6 Å². The number of carbonyl (C=O) groups excluding carboxylic acids is 1. The van der Waals surface area contributed by atoms with Crippen molar-refractivity contribution >= 4 is 15.9 Å². The molecular formula is C9H14N2O4S. The van der Waals surface area contributed by atoms with Crippen LogP contribution in [0.2, 0.25) is 0 Å². The number of amides is 1. The van der Waals surface area contributed by atoms with E-state index in [1.807, 2.05) is 0 Å². The molecule has 0 saturated carbocycles. The Labute approximate surface area is 93.9 Å². The van der Waals surface area contributed by atoms with Crippen LogP contribution in [-0.4, -0.2) is 19.9 Å². The molecule has 1 aromatic rings. The summed E-state index contributed by atoms with van der Waals surface area (Å²) in [7, 11) is -3.91. The van der Waals surface area contributed by atoms with Crippen molar-refractivity contribution in [2.75, 3.05) is 0 Å². The van der Waals surface area contributed by atoms with Crippen LogP contribution < -0.4 is 10.5 Å². The van der Waals surface area contributed by atoms with Gasteiger partial charge in [0, 0.05) is 5.54 Å². The van der Waals surface area contributed by atoms with Crippen molar-refractivity contribution < 1.29 is 17.6 Å². The summed E-state index contributed by atoms with van der Waals surface area (Å²) in [5.41, 5.74) is -0.425. The number of primary sulfonamides is 1. The van der Waals surface area contributed by atoms with Crippen LogP contribution in [0.25, 0.3) is 0 Å². The molecule has 0 aliphatic carbocycles. The fraction of sp³-hybridized carbons (Fsp3) is 0.444. The van der Waals surface area contributed by atoms with Gasteiger partial charge in [-0.3, -0.25) is 4.79 Å². The van der Waals surface area contributed by atoms with Crippen LogP contribution in [0.1, 0.15) is 31.3 Å². The Morgan fingerprint density at radius 3 is 2.31 bits per heavy atom. The van der Waals surface area contributed by atoms with E-state index in [0.29, 0.717) is 0 Å². The normalized spacial score (nSPS) is 12.5. The zero-order valence-electron chi connectivity index (χ0n) is 9.27. The summed E-state index contributed by atoms with van der Waals surface area (Å²) < 4.78 is 26.6. The van der Waals surface area contributed by atoms with Crippen LogP contribution in [-0.2, 0) is 10.0 Å². The maximum Gasteiger partial charge on any atom is 0.287 e. The first-order valence-corrected chi connectivity index (χ1v) is 6.09. The van der Waals surface area contributed by atoms with E-state index in [0.717, 1.165) is 6.07 Å². The number of furan rings is 1. The quantitative estimate of drug-likeness (QED) is 0.791. The molecule has 1 amide bonds. The number of nitrogens with one attached hydrogen (secondary N) is 1. The summed E-state index contributed by atoms with van der Waals surface area (Å²) in [4.78, 5) is 11.6. The van der Waals surface area contributed by atoms with Gasteiger partial charge in [-0.05, 0) is 32.9 Å². The fourth-order valence-corrected chi connectivity index (χ4v) is 1.46. The van der Waals surface area contributed by atoms with Gasteiger partial charge in [-0.1, -0.05) is 0 Å². The van der Waals surface area contributed by atoms with Crippen LogP contribution in [0.3, 0.4) is 0 Å². The van der Waals surface area contributed by atoms with Crippen molar-refractivity contribution in [1.82, 2.24) is 5.32 Å². The van der Waals surface area contributed by atoms with Crippen molar-refractivity contribution in [3.8, 4) is 0 Å². The van der Waals surface area contributed by atoms with Crippen molar-refractivity contribution in [3.05, 3.63) is 17.9 Å². The highest BCUT2D eigenvalue weighted by Crippen LogP contribution is 2.13. The van der Waals surface area contributed by atoms with Gasteiger partial charge >= 0.3 is 0 Å². The van der Waals surface area contributed by atoms with Gasteiger partial charge in [-0.15, -0.1) is 0 Å². The Hall–Kier alpha value is -1.34. The summed E-state index contributed by atoms with van der Waals surface area (Å²) >= 11 is 0. The summed E-state index contributed by atoms with van der Waals surface area (Å²) in [6, 6.07) is 2.41. The molecule has 1 aromatic heterocycles. The number of carbonyl (C=O) groups is 1. The second kappa shape index (κ2) is 3.91. The number of sulfonamides is 1. The second-order valence-corrected chi connectivity index (χ2v) is 5.86. The van der Waals surface area contributed by atoms with Crippen LogP contribution >= 0.6 is 0 Å². The van der Waals surface area contributed by atoms with Crippen LogP contribution in [0, 0.1) is 0 Å². The lowest BCUT2D eigenvalue weighted by Crippen LogP contribution is -2.40. The molecule has 0 aromatic carbocycles. The van der Waals surface area contributed by atoms with E-state index >= 15 is 0 Å². The largest absolute Gasteiger partial charge is 0.438 e. The summed E-state index contributed by atoms with van der Waals surface area (Å²) in [5, 5.41) is 7.05. The number of nitrogens with two attached hydrogens (primary N) is 1. The van der Waals surface area contributed by atoms with Gasteiger partial charge in [-0.2, -0.15) is 0 Å². The molecule has 16 heavy (non-hydrogen) atoms. The van der Waals surface area contributed by atoms with E-state index in [1.165, 1.54) is 6.07 Å². The molecule has 0 saturated heterocycles. The summed E-state index contributed by atoms with van der Waals surface area (Å²) in [5.74, 6) is -0.568. The predicted octanol–water partition coefficient (Wildman–Crippen LogP) is 0.455. The van der Waals surface area contributed by atoms with E-state index in [4.69, 9.17) is 9.56 Å². The number of hydrogen-bond donors (Lipinski definition) is 2. The van der Waals surface area contributed by atoms with Gasteiger partial charge in [0.15, 0.2) is 5.76 Å². The SMILES string of the molecule is CC(C)(C)NC(=O)c1ccc(S(N)(=O)=O)o1. The molecule has 90 valence electrons. The Bertz CT molecular complexity index is 496. The van der Waals surface area contributed by atoms with E-state index in [2.05, 4.69) is 5.32 Å². The third-order valence-corrected chi connectivity index (χ3v) is 2.35. The smallest absolute Gasteiger partial charge is 0.287 e. The molecule has 0 aliphatic heterocycles. The first kappa shape index (κ1) is 12.7. The van der Waals surface area contributed by atoms with Crippen molar-refractivity contribution in [3.63, 3.8) is 0 Å². The summed E-state index contributed by atoms with van der Waals surface area (Å²) in [6.45, 7) is 5.40. The Morgan fingerprint density at radius 1 is 1.38 bits per heavy atom. The van der Waals surface area contributed by atoms with Crippen LogP contribution in [0.4, 0.5) is 0 Å². The molecule has 1 heterocycles. The first-order chi connectivity index (χ1) is 7.09. The molecule has 0 aliphatic rings. The van der Waals surface area contributed by atoms with E-state index < -0.39 is 26.6 Å². The highest BCUT2D eigenvalue weighted by atomic mass is 32.2. The maximum absolute atomic E-state index is 11.6. The molecule has 0 bridgehead atoms. The van der Waals surface area contributed by atoms with Crippen LogP contribution in [0.15, 0.2) is 21.6 Å². The van der Waals surface area contributed by atoms with Crippen molar-refractivity contribution in [2.24, 2.45) is 5.14 Å². The Morgan fingerprint density at radius 2 is 1.94 bits per heavy atom. The monoisotopic (exact) mass is 246 g/mol. The first-order valence-electron chi connectivity index (χ1n) is 4.55. The molecule has 0 fully saturated rings. The van der Waals surface area contributed by atoms with Gasteiger partial charge < -0.3 is 9.73 Å². The third-order valence-electron chi connectivity index (χ3n) is 1.57. The van der Waals surface area contributed by atoms with E-state index in [1.54, 1.807) is 20.8 Å². The lowest BCUT2D eigenvalue weighted by Gasteiger charge is -2.19. The zero-order chi connectivity index (χ0) is 12.6. The molecule has 0 unspecified atom stereocenters. The van der Waals surface area contributed by atoms with E-state index in [-0.39, 0.29) is 5.76 Å². The third kappa shape index (κ3) is 3.35. The van der Waals surface area contributed by atoms with Gasteiger partial charge in [0.2, 0.25) is 5.09 Å². The minimum absolute atomic E-state index is 0.0843. The van der Waals surface area contributed by atoms with E-state index in [9.17, 15) is 13.2 Å². The average Bonchev–Trinajstić information content (AvgIpc) is 2.46. The molecule has 3 N–H and O–H groups in total. The average molecular weight is 246 g/mol. The molecule has 0 radical (unpaired) electrons. The molecule has 1 rings (SSSR count). The fourth-order valence-electron chi connectivity index (χ4n) is 0.997. The molecule has 0 spiro atoms. The molecule has 7 heteroatoms. The molecule has 0 atom stereocenters. The number of rotatable bonds is 2. The van der Waals surface area contributed by atoms with Crippen molar-refractivity contribution in [1.29, 1.82) is 0 Å². The lowest BCUT2D eigenvalue weighted by atomic mass is 10.1. The maximum atomic E-state index is 11.6. The second-order valence-electron chi connectivity index (χ2n) is 4.37. The molecular weight excluding hydrogens is 232 g/mol. The summed E-state index contributed by atoms with van der Waals surface area (Å²) in [6.07, 6.45) is 0. The molecule has 6 nitrogen and oxygen atoms in total.